The van der Waals surface area contributed by atoms with Crippen LogP contribution in [0.25, 0.3) is 55.3 Å². The van der Waals surface area contributed by atoms with Crippen molar-refractivity contribution in [1.29, 1.82) is 0 Å². The van der Waals surface area contributed by atoms with Gasteiger partial charge in [-0.1, -0.05) is 146 Å². The predicted octanol–water partition coefficient (Wildman–Crippen LogP) is 13.8. The molecule has 0 fully saturated rings. The zero-order valence-corrected chi connectivity index (χ0v) is 30.9. The maximum Gasteiger partial charge on any atom is 0.196 e. The monoisotopic (exact) mass is 726 g/mol. The normalized spacial score (nSPS) is 15.6. The van der Waals surface area contributed by atoms with Gasteiger partial charge >= 0.3 is 0 Å². The van der Waals surface area contributed by atoms with Crippen LogP contribution in [0.3, 0.4) is 0 Å². The topological polar surface area (TPSA) is 24.5 Å². The van der Waals surface area contributed by atoms with Crippen molar-refractivity contribution >= 4 is 33.5 Å². The lowest BCUT2D eigenvalue weighted by Crippen LogP contribution is -2.36. The molecule has 1 N–H and O–H groups in total. The summed E-state index contributed by atoms with van der Waals surface area (Å²) in [5.41, 5.74) is 20.6. The molecule has 9 aromatic rings. The molecule has 2 aliphatic carbocycles. The minimum atomic E-state index is -0.579. The van der Waals surface area contributed by atoms with Gasteiger partial charge in [-0.05, 0) is 126 Å². The second-order valence-corrected chi connectivity index (χ2v) is 15.6. The lowest BCUT2D eigenvalue weighted by Gasteiger charge is -2.45. The molecule has 4 aliphatic rings. The van der Waals surface area contributed by atoms with Gasteiger partial charge in [0.2, 0.25) is 0 Å². The van der Waals surface area contributed by atoms with Crippen LogP contribution in [0.15, 0.2) is 194 Å². The molecule has 0 bridgehead atoms. The van der Waals surface area contributed by atoms with Crippen molar-refractivity contribution < 1.29 is 4.74 Å². The Morgan fingerprint density at radius 1 is 0.456 bits per heavy atom. The van der Waals surface area contributed by atoms with E-state index in [1.165, 1.54) is 88.9 Å². The van der Waals surface area contributed by atoms with Crippen molar-refractivity contribution in [3.63, 3.8) is 0 Å². The van der Waals surface area contributed by atoms with Crippen molar-refractivity contribution in [1.82, 2.24) is 0 Å². The van der Waals surface area contributed by atoms with Crippen LogP contribution in [0.5, 0.6) is 5.75 Å². The van der Waals surface area contributed by atoms with E-state index in [4.69, 9.17) is 4.74 Å². The third-order valence-corrected chi connectivity index (χ3v) is 12.8. The Bertz CT molecular complexity index is 3070. The second kappa shape index (κ2) is 11.3. The number of hydrogen-bond donors (Lipinski definition) is 1. The Morgan fingerprint density at radius 3 is 1.88 bits per heavy atom. The highest BCUT2D eigenvalue weighted by Crippen LogP contribution is 2.66. The van der Waals surface area contributed by atoms with E-state index in [1.54, 1.807) is 0 Å². The van der Waals surface area contributed by atoms with E-state index in [-0.39, 0.29) is 6.23 Å². The first kappa shape index (κ1) is 30.9. The van der Waals surface area contributed by atoms with Crippen molar-refractivity contribution in [3.8, 4) is 50.3 Å². The summed E-state index contributed by atoms with van der Waals surface area (Å²) in [5.74, 6) is 0.889. The van der Waals surface area contributed by atoms with Crippen LogP contribution < -0.4 is 15.0 Å². The van der Waals surface area contributed by atoms with Crippen LogP contribution in [0.1, 0.15) is 34.0 Å². The van der Waals surface area contributed by atoms with Gasteiger partial charge in [-0.2, -0.15) is 0 Å². The van der Waals surface area contributed by atoms with Crippen LogP contribution >= 0.6 is 0 Å². The van der Waals surface area contributed by atoms with Gasteiger partial charge in [0.25, 0.3) is 0 Å². The van der Waals surface area contributed by atoms with Crippen molar-refractivity contribution in [3.05, 3.63) is 222 Å². The third-order valence-electron chi connectivity index (χ3n) is 12.8. The number of nitrogens with one attached hydrogen (secondary N) is 1. The average molecular weight is 727 g/mol. The molecule has 0 saturated carbocycles. The SMILES string of the molecule is c1ccc(N2c3ccccc3C3(c4cc(-c5ccc(C6Nc7ccccc7O6)cc5)ccc4-c4c3cc3c5c(cccc45)-c4ccccc4-3)c3ccccc32)cc1. The van der Waals surface area contributed by atoms with Gasteiger partial charge in [-0.15, -0.1) is 0 Å². The van der Waals surface area contributed by atoms with Crippen LogP contribution in [-0.2, 0) is 5.41 Å². The van der Waals surface area contributed by atoms with Gasteiger partial charge < -0.3 is 15.0 Å². The maximum atomic E-state index is 6.28. The molecule has 57 heavy (non-hydrogen) atoms. The minimum absolute atomic E-state index is 0.215. The van der Waals surface area contributed by atoms with Crippen molar-refractivity contribution in [2.45, 2.75) is 11.6 Å². The largest absolute Gasteiger partial charge is 0.464 e. The van der Waals surface area contributed by atoms with Gasteiger partial charge in [0.15, 0.2) is 6.23 Å². The van der Waals surface area contributed by atoms with Crippen molar-refractivity contribution in [2.24, 2.45) is 0 Å². The summed E-state index contributed by atoms with van der Waals surface area (Å²) in [7, 11) is 0. The molecule has 1 spiro atoms. The molecule has 3 heteroatoms. The highest BCUT2D eigenvalue weighted by molar-refractivity contribution is 6.21. The highest BCUT2D eigenvalue weighted by atomic mass is 16.5. The van der Waals surface area contributed by atoms with Crippen LogP contribution in [-0.4, -0.2) is 0 Å². The molecule has 2 heterocycles. The van der Waals surface area contributed by atoms with E-state index in [9.17, 15) is 0 Å². The Morgan fingerprint density at radius 2 is 1.11 bits per heavy atom. The number of anilines is 4. The summed E-state index contributed by atoms with van der Waals surface area (Å²) < 4.78 is 6.28. The summed E-state index contributed by atoms with van der Waals surface area (Å²) in [6.07, 6.45) is -0.215. The number of hydrogen-bond acceptors (Lipinski definition) is 3. The molecule has 13 rings (SSSR count). The Kier molecular flexibility index (Phi) is 6.15. The fourth-order valence-corrected chi connectivity index (χ4v) is 10.5. The molecular formula is C54H34N2O. The zero-order valence-electron chi connectivity index (χ0n) is 30.9. The van der Waals surface area contributed by atoms with Crippen LogP contribution in [0, 0.1) is 0 Å². The van der Waals surface area contributed by atoms with Crippen molar-refractivity contribution in [2.75, 3.05) is 10.2 Å². The fraction of sp³-hybridized carbons (Fsp3) is 0.0370. The molecule has 0 amide bonds. The molecule has 9 aromatic carbocycles. The van der Waals surface area contributed by atoms with Crippen LogP contribution in [0.2, 0.25) is 0 Å². The quantitative estimate of drug-likeness (QED) is 0.196. The summed E-state index contributed by atoms with van der Waals surface area (Å²) in [6.45, 7) is 0. The summed E-state index contributed by atoms with van der Waals surface area (Å²) in [5, 5.41) is 6.21. The summed E-state index contributed by atoms with van der Waals surface area (Å²) in [6, 6.07) is 71.7. The fourth-order valence-electron chi connectivity index (χ4n) is 10.5. The van der Waals surface area contributed by atoms with Gasteiger partial charge in [-0.25, -0.2) is 0 Å². The molecule has 266 valence electrons. The second-order valence-electron chi connectivity index (χ2n) is 15.6. The summed E-state index contributed by atoms with van der Waals surface area (Å²) in [4.78, 5) is 2.46. The molecule has 1 unspecified atom stereocenters. The lowest BCUT2D eigenvalue weighted by molar-refractivity contribution is 0.260. The smallest absolute Gasteiger partial charge is 0.196 e. The maximum absolute atomic E-state index is 6.28. The first-order chi connectivity index (χ1) is 28.3. The van der Waals surface area contributed by atoms with E-state index >= 15 is 0 Å². The molecular weight excluding hydrogens is 693 g/mol. The number of ether oxygens (including phenoxy) is 1. The zero-order chi connectivity index (χ0) is 37.2. The van der Waals surface area contributed by atoms with Gasteiger partial charge in [0.1, 0.15) is 5.75 Å². The van der Waals surface area contributed by atoms with E-state index in [2.05, 4.69) is 186 Å². The Labute approximate surface area is 331 Å². The van der Waals surface area contributed by atoms with E-state index < -0.39 is 5.41 Å². The number of para-hydroxylation sites is 5. The highest BCUT2D eigenvalue weighted by Gasteiger charge is 2.53. The lowest BCUT2D eigenvalue weighted by atomic mass is 9.64. The van der Waals surface area contributed by atoms with Gasteiger partial charge in [0, 0.05) is 11.3 Å². The molecule has 2 aliphatic heterocycles. The third kappa shape index (κ3) is 4.05. The molecule has 0 saturated heterocycles. The Balaban J connectivity index is 1.08. The summed E-state index contributed by atoms with van der Waals surface area (Å²) >= 11 is 0. The van der Waals surface area contributed by atoms with Crippen LogP contribution in [0.4, 0.5) is 22.7 Å². The predicted molar refractivity (Wildman–Crippen MR) is 233 cm³/mol. The standard InChI is InChI=1S/C54H34N2O/c1-2-13-36(14-3-1)56-48-22-9-6-19-43(48)54(44-20-7-10-23-49(44)56)45-31-35(33-25-27-34(28-26-33)53-55-47-21-8-11-24-50(47)57-53)29-30-40(45)52-41-18-12-17-39-37-15-4-5-16-38(37)42(51(39)41)32-46(52)54/h1-32,53,55H. The number of fused-ring (bicyclic) bond motifs is 14. The first-order valence-electron chi connectivity index (χ1n) is 19.8. The minimum Gasteiger partial charge on any atom is -0.464 e. The number of nitrogens with zero attached hydrogens (tertiary/aromatic N) is 1. The Hall–Kier alpha value is -7.36. The molecule has 0 radical (unpaired) electrons. The van der Waals surface area contributed by atoms with Gasteiger partial charge in [-0.3, -0.25) is 0 Å². The van der Waals surface area contributed by atoms with E-state index in [0.29, 0.717) is 0 Å². The van der Waals surface area contributed by atoms with E-state index in [1.807, 2.05) is 18.2 Å². The first-order valence-corrected chi connectivity index (χ1v) is 19.8. The molecule has 1 atom stereocenters. The molecule has 3 nitrogen and oxygen atoms in total. The molecule has 0 aromatic heterocycles. The van der Waals surface area contributed by atoms with Gasteiger partial charge in [0.05, 0.1) is 22.5 Å². The number of benzene rings is 9. The number of rotatable bonds is 3. The van der Waals surface area contributed by atoms with E-state index in [0.717, 1.165) is 22.7 Å². The average Bonchev–Trinajstić information content (AvgIpc) is 3.95.